The number of carbonyl (C=O) groups excluding carboxylic acids is 2. The van der Waals surface area contributed by atoms with Crippen molar-refractivity contribution in [2.45, 2.75) is 52.7 Å². The summed E-state index contributed by atoms with van der Waals surface area (Å²) in [4.78, 5) is 26.0. The zero-order chi connectivity index (χ0) is 16.3. The fourth-order valence-corrected chi connectivity index (χ4v) is 2.41. The van der Waals surface area contributed by atoms with Crippen LogP contribution in [-0.4, -0.2) is 30.5 Å². The SMILES string of the molecule is CCC(C)NC(=O)CCN1C(=O)C(C)Oc2ccc(C)cc21. The lowest BCUT2D eigenvalue weighted by Crippen LogP contribution is -2.46. The van der Waals surface area contributed by atoms with Crippen LogP contribution in [0.3, 0.4) is 0 Å². The van der Waals surface area contributed by atoms with Gasteiger partial charge in [0, 0.05) is 19.0 Å². The Labute approximate surface area is 131 Å². The lowest BCUT2D eigenvalue weighted by molar-refractivity contribution is -0.125. The van der Waals surface area contributed by atoms with Crippen molar-refractivity contribution in [3.8, 4) is 5.75 Å². The van der Waals surface area contributed by atoms with Gasteiger partial charge in [-0.05, 0) is 44.9 Å². The predicted octanol–water partition coefficient (Wildman–Crippen LogP) is 2.41. The number of carbonyl (C=O) groups is 2. The summed E-state index contributed by atoms with van der Waals surface area (Å²) >= 11 is 0. The second kappa shape index (κ2) is 6.81. The van der Waals surface area contributed by atoms with Gasteiger partial charge in [-0.25, -0.2) is 0 Å². The summed E-state index contributed by atoms with van der Waals surface area (Å²) in [7, 11) is 0. The van der Waals surface area contributed by atoms with E-state index in [1.807, 2.05) is 39.0 Å². The third-order valence-corrected chi connectivity index (χ3v) is 3.91. The van der Waals surface area contributed by atoms with Gasteiger partial charge in [0.2, 0.25) is 5.91 Å². The Bertz CT molecular complexity index is 571. The molecule has 1 aromatic carbocycles. The maximum absolute atomic E-state index is 12.4. The van der Waals surface area contributed by atoms with Crippen molar-refractivity contribution in [1.29, 1.82) is 0 Å². The first-order valence-electron chi connectivity index (χ1n) is 7.80. The summed E-state index contributed by atoms with van der Waals surface area (Å²) in [6.07, 6.45) is 0.658. The third kappa shape index (κ3) is 3.59. The minimum Gasteiger partial charge on any atom is -0.479 e. The van der Waals surface area contributed by atoms with Gasteiger partial charge in [0.05, 0.1) is 5.69 Å². The highest BCUT2D eigenvalue weighted by Gasteiger charge is 2.31. The topological polar surface area (TPSA) is 58.6 Å². The number of ether oxygens (including phenoxy) is 1. The van der Waals surface area contributed by atoms with Crippen molar-refractivity contribution in [2.75, 3.05) is 11.4 Å². The molecule has 5 nitrogen and oxygen atoms in total. The molecule has 2 amide bonds. The molecule has 1 N–H and O–H groups in total. The molecule has 1 aromatic rings. The van der Waals surface area contributed by atoms with Gasteiger partial charge in [0.1, 0.15) is 5.75 Å². The lowest BCUT2D eigenvalue weighted by atomic mass is 10.1. The number of benzene rings is 1. The molecule has 2 rings (SSSR count). The van der Waals surface area contributed by atoms with E-state index in [-0.39, 0.29) is 24.3 Å². The van der Waals surface area contributed by atoms with Crippen LogP contribution in [0.4, 0.5) is 5.69 Å². The Morgan fingerprint density at radius 3 is 2.86 bits per heavy atom. The normalized spacial score (nSPS) is 18.5. The number of anilines is 1. The predicted molar refractivity (Wildman–Crippen MR) is 86.1 cm³/mol. The zero-order valence-electron chi connectivity index (χ0n) is 13.7. The van der Waals surface area contributed by atoms with Crippen LogP contribution in [0.25, 0.3) is 0 Å². The van der Waals surface area contributed by atoms with E-state index in [0.717, 1.165) is 17.7 Å². The lowest BCUT2D eigenvalue weighted by Gasteiger charge is -2.33. The summed E-state index contributed by atoms with van der Waals surface area (Å²) in [5.74, 6) is 0.560. The molecule has 2 atom stereocenters. The van der Waals surface area contributed by atoms with Crippen LogP contribution in [-0.2, 0) is 9.59 Å². The molecule has 0 bridgehead atoms. The van der Waals surface area contributed by atoms with Gasteiger partial charge in [-0.3, -0.25) is 9.59 Å². The van der Waals surface area contributed by atoms with E-state index in [0.29, 0.717) is 12.3 Å². The average molecular weight is 304 g/mol. The molecular formula is C17H24N2O3. The Morgan fingerprint density at radius 1 is 1.45 bits per heavy atom. The van der Waals surface area contributed by atoms with Crippen molar-refractivity contribution >= 4 is 17.5 Å². The first-order chi connectivity index (χ1) is 10.4. The van der Waals surface area contributed by atoms with Crippen LogP contribution in [0.1, 0.15) is 39.2 Å². The molecule has 1 heterocycles. The molecule has 0 saturated carbocycles. The Hall–Kier alpha value is -2.04. The molecule has 0 saturated heterocycles. The second-order valence-electron chi connectivity index (χ2n) is 5.85. The number of nitrogens with one attached hydrogen (secondary N) is 1. The zero-order valence-corrected chi connectivity index (χ0v) is 13.7. The fraction of sp³-hybridized carbons (Fsp3) is 0.529. The van der Waals surface area contributed by atoms with Crippen LogP contribution < -0.4 is 15.0 Å². The molecular weight excluding hydrogens is 280 g/mol. The van der Waals surface area contributed by atoms with E-state index in [9.17, 15) is 9.59 Å². The van der Waals surface area contributed by atoms with Crippen molar-refractivity contribution in [3.05, 3.63) is 23.8 Å². The maximum Gasteiger partial charge on any atom is 0.267 e. The fourth-order valence-electron chi connectivity index (χ4n) is 2.41. The molecule has 2 unspecified atom stereocenters. The van der Waals surface area contributed by atoms with Gasteiger partial charge >= 0.3 is 0 Å². The first kappa shape index (κ1) is 16.3. The molecule has 22 heavy (non-hydrogen) atoms. The van der Waals surface area contributed by atoms with Crippen LogP contribution in [0.15, 0.2) is 18.2 Å². The van der Waals surface area contributed by atoms with Gasteiger partial charge < -0.3 is 15.0 Å². The van der Waals surface area contributed by atoms with E-state index in [4.69, 9.17) is 4.74 Å². The van der Waals surface area contributed by atoms with Crippen LogP contribution in [0.5, 0.6) is 5.75 Å². The highest BCUT2D eigenvalue weighted by Crippen LogP contribution is 2.34. The second-order valence-corrected chi connectivity index (χ2v) is 5.85. The largest absolute Gasteiger partial charge is 0.479 e. The van der Waals surface area contributed by atoms with E-state index >= 15 is 0 Å². The highest BCUT2D eigenvalue weighted by atomic mass is 16.5. The summed E-state index contributed by atoms with van der Waals surface area (Å²) in [6.45, 7) is 8.06. The molecule has 0 aliphatic carbocycles. The minimum absolute atomic E-state index is 0.0319. The number of amides is 2. The van der Waals surface area contributed by atoms with Gasteiger partial charge in [-0.2, -0.15) is 0 Å². The molecule has 1 aliphatic rings. The molecule has 0 spiro atoms. The summed E-state index contributed by atoms with van der Waals surface area (Å²) in [5.41, 5.74) is 1.80. The number of hydrogen-bond acceptors (Lipinski definition) is 3. The number of aryl methyl sites for hydroxylation is 1. The van der Waals surface area contributed by atoms with Gasteiger partial charge in [-0.1, -0.05) is 13.0 Å². The number of fused-ring (bicyclic) bond motifs is 1. The monoisotopic (exact) mass is 304 g/mol. The molecule has 1 aliphatic heterocycles. The van der Waals surface area contributed by atoms with Crippen molar-refractivity contribution in [3.63, 3.8) is 0 Å². The number of rotatable bonds is 5. The van der Waals surface area contributed by atoms with Crippen LogP contribution in [0, 0.1) is 6.92 Å². The molecule has 0 fully saturated rings. The minimum atomic E-state index is -0.521. The molecule has 120 valence electrons. The molecule has 0 radical (unpaired) electrons. The molecule has 5 heteroatoms. The summed E-state index contributed by atoms with van der Waals surface area (Å²) < 4.78 is 5.63. The van der Waals surface area contributed by atoms with Crippen LogP contribution >= 0.6 is 0 Å². The van der Waals surface area contributed by atoms with E-state index in [2.05, 4.69) is 5.32 Å². The highest BCUT2D eigenvalue weighted by molar-refractivity contribution is 6.00. The summed E-state index contributed by atoms with van der Waals surface area (Å²) in [5, 5.41) is 2.92. The average Bonchev–Trinajstić information content (AvgIpc) is 2.48. The maximum atomic E-state index is 12.4. The Balaban J connectivity index is 2.11. The third-order valence-electron chi connectivity index (χ3n) is 3.91. The van der Waals surface area contributed by atoms with Gasteiger partial charge in [0.25, 0.3) is 5.91 Å². The number of hydrogen-bond donors (Lipinski definition) is 1. The smallest absolute Gasteiger partial charge is 0.267 e. The standard InChI is InChI=1S/C17H24N2O3/c1-5-12(3)18-16(20)8-9-19-14-10-11(2)6-7-15(14)22-13(4)17(19)21/h6-7,10,12-13H,5,8-9H2,1-4H3,(H,18,20). The quantitative estimate of drug-likeness (QED) is 0.909. The Kier molecular flexibility index (Phi) is 5.06. The van der Waals surface area contributed by atoms with E-state index in [1.54, 1.807) is 11.8 Å². The van der Waals surface area contributed by atoms with Crippen molar-refractivity contribution < 1.29 is 14.3 Å². The summed E-state index contributed by atoms with van der Waals surface area (Å²) in [6, 6.07) is 5.90. The van der Waals surface area contributed by atoms with Crippen molar-refractivity contribution in [1.82, 2.24) is 5.32 Å². The van der Waals surface area contributed by atoms with Crippen LogP contribution in [0.2, 0.25) is 0 Å². The van der Waals surface area contributed by atoms with Crippen molar-refractivity contribution in [2.24, 2.45) is 0 Å². The molecule has 0 aromatic heterocycles. The number of nitrogens with zero attached hydrogens (tertiary/aromatic N) is 1. The Morgan fingerprint density at radius 2 is 2.18 bits per heavy atom. The van der Waals surface area contributed by atoms with Gasteiger partial charge in [-0.15, -0.1) is 0 Å². The van der Waals surface area contributed by atoms with E-state index in [1.165, 1.54) is 0 Å². The van der Waals surface area contributed by atoms with E-state index < -0.39 is 6.10 Å². The first-order valence-corrected chi connectivity index (χ1v) is 7.80. The van der Waals surface area contributed by atoms with Gasteiger partial charge in [0.15, 0.2) is 6.10 Å².